The van der Waals surface area contributed by atoms with Crippen LogP contribution in [0.15, 0.2) is 42.5 Å². The molecule has 0 aromatic heterocycles. The van der Waals surface area contributed by atoms with Crippen LogP contribution in [0.3, 0.4) is 0 Å². The molecule has 1 amide bonds. The summed E-state index contributed by atoms with van der Waals surface area (Å²) in [6.45, 7) is 4.08. The number of aryl methyl sites for hydroxylation is 2. The third kappa shape index (κ3) is 4.29. The maximum Gasteiger partial charge on any atom is 0.248 e. The number of carbonyl (C=O) groups is 1. The van der Waals surface area contributed by atoms with Crippen molar-refractivity contribution in [2.45, 2.75) is 13.8 Å². The van der Waals surface area contributed by atoms with Gasteiger partial charge in [0.2, 0.25) is 5.91 Å². The highest BCUT2D eigenvalue weighted by atomic mass is 32.1. The van der Waals surface area contributed by atoms with Crippen molar-refractivity contribution in [2.75, 3.05) is 10.6 Å². The zero-order chi connectivity index (χ0) is 15.4. The minimum absolute atomic E-state index is 0.447. The van der Waals surface area contributed by atoms with Crippen molar-refractivity contribution in [3.05, 3.63) is 59.2 Å². The smallest absolute Gasteiger partial charge is 0.248 e. The number of hydrogen-bond acceptors (Lipinski definition) is 2. The van der Waals surface area contributed by atoms with Crippen LogP contribution in [0.25, 0.3) is 0 Å². The van der Waals surface area contributed by atoms with E-state index in [-0.39, 0.29) is 0 Å². The van der Waals surface area contributed by atoms with Gasteiger partial charge in [-0.05, 0) is 73.6 Å². The Morgan fingerprint density at radius 1 is 0.952 bits per heavy atom. The predicted octanol–water partition coefficient (Wildman–Crippen LogP) is 3.21. The van der Waals surface area contributed by atoms with Crippen molar-refractivity contribution < 1.29 is 4.79 Å². The Hall–Kier alpha value is -2.40. The molecule has 0 atom stereocenters. The van der Waals surface area contributed by atoms with Crippen LogP contribution >= 0.6 is 12.2 Å². The zero-order valence-corrected chi connectivity index (χ0v) is 12.8. The number of nitrogens with one attached hydrogen (secondary N) is 2. The molecule has 0 aliphatic carbocycles. The molecular formula is C16H17N3OS. The average molecular weight is 299 g/mol. The number of thiocarbonyl (C=S) groups is 1. The lowest BCUT2D eigenvalue weighted by molar-refractivity contribution is 0.100. The summed E-state index contributed by atoms with van der Waals surface area (Å²) in [5.74, 6) is -0.447. The van der Waals surface area contributed by atoms with E-state index in [9.17, 15) is 4.79 Å². The Morgan fingerprint density at radius 2 is 1.48 bits per heavy atom. The summed E-state index contributed by atoms with van der Waals surface area (Å²) in [5, 5.41) is 6.69. The normalized spacial score (nSPS) is 10.0. The van der Waals surface area contributed by atoms with E-state index in [1.807, 2.05) is 26.0 Å². The van der Waals surface area contributed by atoms with Gasteiger partial charge in [-0.1, -0.05) is 6.07 Å². The monoisotopic (exact) mass is 299 g/mol. The summed E-state index contributed by atoms with van der Waals surface area (Å²) >= 11 is 5.28. The van der Waals surface area contributed by atoms with Gasteiger partial charge in [0.15, 0.2) is 5.11 Å². The Kier molecular flexibility index (Phi) is 4.55. The first-order chi connectivity index (χ1) is 9.94. The first-order valence-electron chi connectivity index (χ1n) is 6.50. The van der Waals surface area contributed by atoms with Gasteiger partial charge in [0.05, 0.1) is 0 Å². The summed E-state index contributed by atoms with van der Waals surface area (Å²) in [6, 6.07) is 13.0. The van der Waals surface area contributed by atoms with Crippen molar-refractivity contribution >= 4 is 34.6 Å². The minimum Gasteiger partial charge on any atom is -0.366 e. The summed E-state index contributed by atoms with van der Waals surface area (Å²) < 4.78 is 0. The van der Waals surface area contributed by atoms with Crippen LogP contribution in [0.4, 0.5) is 11.4 Å². The topological polar surface area (TPSA) is 67.2 Å². The Labute approximate surface area is 129 Å². The third-order valence-corrected chi connectivity index (χ3v) is 3.11. The number of amides is 1. The van der Waals surface area contributed by atoms with Crippen LogP contribution in [0, 0.1) is 13.8 Å². The molecule has 5 heteroatoms. The number of carbonyl (C=O) groups excluding carboxylic acids is 1. The molecule has 0 unspecified atom stereocenters. The van der Waals surface area contributed by atoms with E-state index in [1.54, 1.807) is 24.3 Å². The second kappa shape index (κ2) is 6.37. The van der Waals surface area contributed by atoms with E-state index in [0.717, 1.165) is 11.4 Å². The van der Waals surface area contributed by atoms with Crippen LogP contribution in [0.2, 0.25) is 0 Å². The van der Waals surface area contributed by atoms with Crippen molar-refractivity contribution in [1.82, 2.24) is 0 Å². The first-order valence-corrected chi connectivity index (χ1v) is 6.91. The number of anilines is 2. The predicted molar refractivity (Wildman–Crippen MR) is 90.7 cm³/mol. The standard InChI is InChI=1S/C16H17N3OS/c1-10-7-11(2)9-14(8-10)19-16(21)18-13-5-3-12(4-6-13)15(17)20/h3-9H,1-2H3,(H2,17,20)(H2,18,19,21). The van der Waals surface area contributed by atoms with E-state index in [4.69, 9.17) is 18.0 Å². The lowest BCUT2D eigenvalue weighted by atomic mass is 10.1. The molecule has 0 radical (unpaired) electrons. The van der Waals surface area contributed by atoms with Crippen LogP contribution in [-0.2, 0) is 0 Å². The van der Waals surface area contributed by atoms with Crippen molar-refractivity contribution in [3.63, 3.8) is 0 Å². The second-order valence-corrected chi connectivity index (χ2v) is 5.31. The Bertz CT molecular complexity index is 660. The van der Waals surface area contributed by atoms with Gasteiger partial charge in [0.1, 0.15) is 0 Å². The van der Waals surface area contributed by atoms with E-state index in [2.05, 4.69) is 16.7 Å². The average Bonchev–Trinajstić information content (AvgIpc) is 2.37. The first kappa shape index (κ1) is 15.0. The maximum atomic E-state index is 11.0. The molecule has 108 valence electrons. The fourth-order valence-electron chi connectivity index (χ4n) is 2.06. The fraction of sp³-hybridized carbons (Fsp3) is 0.125. The number of benzene rings is 2. The summed E-state index contributed by atoms with van der Waals surface area (Å²) in [5.41, 5.74) is 9.75. The molecule has 0 aliphatic rings. The van der Waals surface area contributed by atoms with Gasteiger partial charge in [-0.3, -0.25) is 4.79 Å². The molecule has 0 saturated heterocycles. The van der Waals surface area contributed by atoms with Gasteiger partial charge in [-0.25, -0.2) is 0 Å². The van der Waals surface area contributed by atoms with Gasteiger partial charge in [0.25, 0.3) is 0 Å². The van der Waals surface area contributed by atoms with Crippen molar-refractivity contribution in [1.29, 1.82) is 0 Å². The van der Waals surface area contributed by atoms with Crippen LogP contribution in [0.5, 0.6) is 0 Å². The van der Waals surface area contributed by atoms with E-state index in [0.29, 0.717) is 10.7 Å². The molecule has 2 aromatic carbocycles. The largest absolute Gasteiger partial charge is 0.366 e. The quantitative estimate of drug-likeness (QED) is 0.761. The van der Waals surface area contributed by atoms with Gasteiger partial charge in [-0.15, -0.1) is 0 Å². The van der Waals surface area contributed by atoms with Crippen LogP contribution < -0.4 is 16.4 Å². The molecule has 4 N–H and O–H groups in total. The zero-order valence-electron chi connectivity index (χ0n) is 11.9. The second-order valence-electron chi connectivity index (χ2n) is 4.90. The highest BCUT2D eigenvalue weighted by Gasteiger charge is 2.02. The molecule has 2 rings (SSSR count). The summed E-state index contributed by atoms with van der Waals surface area (Å²) in [7, 11) is 0. The van der Waals surface area contributed by atoms with E-state index in [1.165, 1.54) is 11.1 Å². The molecule has 0 saturated carbocycles. The molecule has 21 heavy (non-hydrogen) atoms. The van der Waals surface area contributed by atoms with E-state index < -0.39 is 5.91 Å². The molecule has 4 nitrogen and oxygen atoms in total. The lowest BCUT2D eigenvalue weighted by Gasteiger charge is -2.12. The SMILES string of the molecule is Cc1cc(C)cc(NC(=S)Nc2ccc(C(N)=O)cc2)c1. The Balaban J connectivity index is 2.02. The molecule has 0 spiro atoms. The Morgan fingerprint density at radius 3 is 2.00 bits per heavy atom. The molecule has 0 heterocycles. The van der Waals surface area contributed by atoms with Crippen LogP contribution in [-0.4, -0.2) is 11.0 Å². The van der Waals surface area contributed by atoms with Crippen LogP contribution in [0.1, 0.15) is 21.5 Å². The summed E-state index contributed by atoms with van der Waals surface area (Å²) in [6.07, 6.45) is 0. The summed E-state index contributed by atoms with van der Waals surface area (Å²) in [4.78, 5) is 11.0. The number of rotatable bonds is 3. The fourth-order valence-corrected chi connectivity index (χ4v) is 2.29. The number of hydrogen-bond donors (Lipinski definition) is 3. The van der Waals surface area contributed by atoms with Crippen molar-refractivity contribution in [3.8, 4) is 0 Å². The highest BCUT2D eigenvalue weighted by molar-refractivity contribution is 7.80. The number of primary amides is 1. The molecular weight excluding hydrogens is 282 g/mol. The molecule has 2 aromatic rings. The molecule has 0 aliphatic heterocycles. The third-order valence-electron chi connectivity index (χ3n) is 2.91. The van der Waals surface area contributed by atoms with Gasteiger partial charge >= 0.3 is 0 Å². The van der Waals surface area contributed by atoms with Gasteiger partial charge in [0, 0.05) is 16.9 Å². The van der Waals surface area contributed by atoms with E-state index >= 15 is 0 Å². The number of nitrogens with two attached hydrogens (primary N) is 1. The van der Waals surface area contributed by atoms with Crippen molar-refractivity contribution in [2.24, 2.45) is 5.73 Å². The lowest BCUT2D eigenvalue weighted by Crippen LogP contribution is -2.19. The molecule has 0 bridgehead atoms. The minimum atomic E-state index is -0.447. The maximum absolute atomic E-state index is 11.0. The van der Waals surface area contributed by atoms with Gasteiger partial charge in [-0.2, -0.15) is 0 Å². The highest BCUT2D eigenvalue weighted by Crippen LogP contribution is 2.15. The molecule has 0 fully saturated rings. The van der Waals surface area contributed by atoms with Gasteiger partial charge < -0.3 is 16.4 Å².